The summed E-state index contributed by atoms with van der Waals surface area (Å²) in [5.41, 5.74) is 2.05. The minimum atomic E-state index is -3.38. The van der Waals surface area contributed by atoms with E-state index in [1.165, 1.54) is 7.11 Å². The molecule has 0 bridgehead atoms. The maximum absolute atomic E-state index is 11.1. The smallest absolute Gasteiger partial charge is 0.305 e. The van der Waals surface area contributed by atoms with Gasteiger partial charge < -0.3 is 14.6 Å². The Morgan fingerprint density at radius 1 is 0.879 bits per heavy atom. The van der Waals surface area contributed by atoms with Crippen LogP contribution in [0.15, 0.2) is 18.2 Å². The number of carboxylic acids is 1. The van der Waals surface area contributed by atoms with Crippen molar-refractivity contribution in [3.63, 3.8) is 0 Å². The van der Waals surface area contributed by atoms with Gasteiger partial charge in [-0.15, -0.1) is 0 Å². The van der Waals surface area contributed by atoms with E-state index in [-0.39, 0.29) is 19.0 Å². The first kappa shape index (κ1) is 28.9. The van der Waals surface area contributed by atoms with Gasteiger partial charge in [0.15, 0.2) is 0 Å². The van der Waals surface area contributed by atoms with Gasteiger partial charge in [0.1, 0.15) is 5.75 Å². The molecule has 9 heteroatoms. The standard InChI is InChI=1S/C24H38O8S/c1-30-24(27)15-8-4-5-9-18-31-22-14-11-13-20(21(22)16-17-23(25)26)12-7-3-6-10-19-32-33(2,28)29/h11,13-14H,3-10,12,15-19H2,1-2H3,(H,25,26). The summed E-state index contributed by atoms with van der Waals surface area (Å²) in [6.45, 7) is 0.747. The van der Waals surface area contributed by atoms with Crippen LogP contribution in [0.5, 0.6) is 5.75 Å². The summed E-state index contributed by atoms with van der Waals surface area (Å²) in [7, 11) is -1.99. The van der Waals surface area contributed by atoms with E-state index in [0.717, 1.165) is 74.5 Å². The highest BCUT2D eigenvalue weighted by molar-refractivity contribution is 7.85. The number of benzene rings is 1. The van der Waals surface area contributed by atoms with Gasteiger partial charge in [0.2, 0.25) is 0 Å². The average molecular weight is 487 g/mol. The Hall–Kier alpha value is -2.13. The summed E-state index contributed by atoms with van der Waals surface area (Å²) in [6.07, 6.45) is 9.70. The van der Waals surface area contributed by atoms with E-state index < -0.39 is 16.1 Å². The van der Waals surface area contributed by atoms with Crippen molar-refractivity contribution < 1.29 is 36.8 Å². The molecule has 0 aliphatic carbocycles. The van der Waals surface area contributed by atoms with Crippen LogP contribution >= 0.6 is 0 Å². The molecule has 0 aromatic heterocycles. The van der Waals surface area contributed by atoms with Crippen molar-refractivity contribution in [2.45, 2.75) is 77.0 Å². The van der Waals surface area contributed by atoms with Crippen molar-refractivity contribution >= 4 is 22.1 Å². The molecule has 0 atom stereocenters. The molecule has 0 unspecified atom stereocenters. The number of carbonyl (C=O) groups is 2. The van der Waals surface area contributed by atoms with Crippen LogP contribution in [0.1, 0.15) is 75.3 Å². The Labute approximate surface area is 197 Å². The lowest BCUT2D eigenvalue weighted by Gasteiger charge is -2.15. The summed E-state index contributed by atoms with van der Waals surface area (Å²) < 4.78 is 37.3. The zero-order chi connectivity index (χ0) is 24.5. The zero-order valence-electron chi connectivity index (χ0n) is 19.8. The van der Waals surface area contributed by atoms with Crippen molar-refractivity contribution in [2.75, 3.05) is 26.6 Å². The number of ether oxygens (including phenoxy) is 2. The number of carboxylic acid groups (broad SMARTS) is 1. The molecule has 1 N–H and O–H groups in total. The highest BCUT2D eigenvalue weighted by Crippen LogP contribution is 2.26. The molecule has 0 saturated heterocycles. The molecule has 0 heterocycles. The molecule has 1 rings (SSSR count). The number of aliphatic carboxylic acids is 1. The molecule has 0 radical (unpaired) electrons. The van der Waals surface area contributed by atoms with Gasteiger partial charge in [-0.2, -0.15) is 8.42 Å². The van der Waals surface area contributed by atoms with E-state index in [2.05, 4.69) is 4.74 Å². The van der Waals surface area contributed by atoms with Crippen LogP contribution in [-0.2, 0) is 41.5 Å². The Bertz CT molecular complexity index is 820. The Morgan fingerprint density at radius 3 is 2.21 bits per heavy atom. The number of methoxy groups -OCH3 is 1. The number of rotatable bonds is 19. The van der Waals surface area contributed by atoms with Gasteiger partial charge in [-0.3, -0.25) is 13.8 Å². The SMILES string of the molecule is COC(=O)CCCCCCOc1cccc(CCCCCCOS(C)(=O)=O)c1CCC(=O)O. The third-order valence-electron chi connectivity index (χ3n) is 5.22. The molecule has 0 saturated carbocycles. The van der Waals surface area contributed by atoms with Gasteiger partial charge in [-0.25, -0.2) is 0 Å². The van der Waals surface area contributed by atoms with Gasteiger partial charge in [0.25, 0.3) is 10.1 Å². The summed E-state index contributed by atoms with van der Waals surface area (Å²) in [5, 5.41) is 9.14. The van der Waals surface area contributed by atoms with Crippen LogP contribution in [0.4, 0.5) is 0 Å². The molecule has 1 aromatic carbocycles. The molecule has 188 valence electrons. The molecule has 0 amide bonds. The molecule has 0 fully saturated rings. The van der Waals surface area contributed by atoms with Crippen molar-refractivity contribution in [3.8, 4) is 5.75 Å². The highest BCUT2D eigenvalue weighted by atomic mass is 32.2. The number of esters is 1. The van der Waals surface area contributed by atoms with E-state index >= 15 is 0 Å². The van der Waals surface area contributed by atoms with Crippen molar-refractivity contribution in [1.82, 2.24) is 0 Å². The van der Waals surface area contributed by atoms with Gasteiger partial charge in [-0.05, 0) is 55.7 Å². The lowest BCUT2D eigenvalue weighted by molar-refractivity contribution is -0.140. The van der Waals surface area contributed by atoms with E-state index in [1.807, 2.05) is 18.2 Å². The predicted octanol–water partition coefficient (Wildman–Crippen LogP) is 4.29. The third kappa shape index (κ3) is 14.6. The minimum absolute atomic E-state index is 0.0454. The Kier molecular flexibility index (Phi) is 14.4. The topological polar surface area (TPSA) is 116 Å². The second-order valence-corrected chi connectivity index (χ2v) is 9.71. The van der Waals surface area contributed by atoms with Crippen LogP contribution in [0.25, 0.3) is 0 Å². The number of aryl methyl sites for hydroxylation is 1. The normalized spacial score (nSPS) is 11.3. The van der Waals surface area contributed by atoms with E-state index in [4.69, 9.17) is 14.0 Å². The Balaban J connectivity index is 2.49. The third-order valence-corrected chi connectivity index (χ3v) is 5.81. The number of unbranched alkanes of at least 4 members (excludes halogenated alkanes) is 6. The highest BCUT2D eigenvalue weighted by Gasteiger charge is 2.12. The first-order valence-electron chi connectivity index (χ1n) is 11.6. The second kappa shape index (κ2) is 16.5. The van der Waals surface area contributed by atoms with E-state index in [9.17, 15) is 18.0 Å². The summed E-state index contributed by atoms with van der Waals surface area (Å²) in [6, 6.07) is 5.84. The fourth-order valence-electron chi connectivity index (χ4n) is 3.49. The Morgan fingerprint density at radius 2 is 1.55 bits per heavy atom. The first-order valence-corrected chi connectivity index (χ1v) is 13.4. The van der Waals surface area contributed by atoms with Crippen molar-refractivity contribution in [1.29, 1.82) is 0 Å². The quantitative estimate of drug-likeness (QED) is 0.175. The van der Waals surface area contributed by atoms with Crippen LogP contribution < -0.4 is 4.74 Å². The largest absolute Gasteiger partial charge is 0.493 e. The maximum Gasteiger partial charge on any atom is 0.305 e. The van der Waals surface area contributed by atoms with E-state index in [1.54, 1.807) is 0 Å². The summed E-state index contributed by atoms with van der Waals surface area (Å²) >= 11 is 0. The van der Waals surface area contributed by atoms with Crippen LogP contribution in [0, 0.1) is 0 Å². The molecular weight excluding hydrogens is 448 g/mol. The van der Waals surface area contributed by atoms with Crippen LogP contribution in [0.2, 0.25) is 0 Å². The van der Waals surface area contributed by atoms with E-state index in [0.29, 0.717) is 25.9 Å². The number of carbonyl (C=O) groups excluding carboxylic acids is 1. The molecule has 0 aliphatic rings. The molecule has 1 aromatic rings. The molecule has 8 nitrogen and oxygen atoms in total. The molecule has 33 heavy (non-hydrogen) atoms. The van der Waals surface area contributed by atoms with Crippen molar-refractivity contribution in [2.24, 2.45) is 0 Å². The van der Waals surface area contributed by atoms with Crippen LogP contribution in [0.3, 0.4) is 0 Å². The monoisotopic (exact) mass is 486 g/mol. The van der Waals surface area contributed by atoms with Crippen molar-refractivity contribution in [3.05, 3.63) is 29.3 Å². The van der Waals surface area contributed by atoms with Gasteiger partial charge in [0, 0.05) is 12.8 Å². The lowest BCUT2D eigenvalue weighted by Crippen LogP contribution is -2.06. The van der Waals surface area contributed by atoms with Gasteiger partial charge in [-0.1, -0.05) is 37.8 Å². The average Bonchev–Trinajstić information content (AvgIpc) is 2.75. The summed E-state index contributed by atoms with van der Waals surface area (Å²) in [4.78, 5) is 22.3. The fraction of sp³-hybridized carbons (Fsp3) is 0.667. The van der Waals surface area contributed by atoms with Crippen LogP contribution in [-0.4, -0.2) is 52.0 Å². The first-order chi connectivity index (χ1) is 15.7. The predicted molar refractivity (Wildman–Crippen MR) is 126 cm³/mol. The summed E-state index contributed by atoms with van der Waals surface area (Å²) in [5.74, 6) is -0.287. The van der Waals surface area contributed by atoms with Gasteiger partial charge >= 0.3 is 11.9 Å². The lowest BCUT2D eigenvalue weighted by atomic mass is 9.97. The molecular formula is C24H38O8S. The zero-order valence-corrected chi connectivity index (χ0v) is 20.7. The molecule has 0 aliphatic heterocycles. The maximum atomic E-state index is 11.1. The minimum Gasteiger partial charge on any atom is -0.493 e. The number of hydrogen-bond acceptors (Lipinski definition) is 7. The fourth-order valence-corrected chi connectivity index (χ4v) is 3.91. The molecule has 0 spiro atoms. The second-order valence-electron chi connectivity index (χ2n) is 8.07. The van der Waals surface area contributed by atoms with Gasteiger partial charge in [0.05, 0.1) is 26.6 Å². The number of hydrogen-bond donors (Lipinski definition) is 1.